The van der Waals surface area contributed by atoms with Gasteiger partial charge in [0, 0.05) is 12.1 Å². The van der Waals surface area contributed by atoms with Crippen LogP contribution >= 0.6 is 0 Å². The second kappa shape index (κ2) is 7.63. The van der Waals surface area contributed by atoms with E-state index < -0.39 is 29.0 Å². The number of amides is 2. The summed E-state index contributed by atoms with van der Waals surface area (Å²) in [6.45, 7) is 3.82. The van der Waals surface area contributed by atoms with Crippen molar-refractivity contribution in [3.8, 4) is 11.5 Å². The Morgan fingerprint density at radius 3 is 2.58 bits per heavy atom. The van der Waals surface area contributed by atoms with Crippen LogP contribution in [0.4, 0.5) is 14.5 Å². The summed E-state index contributed by atoms with van der Waals surface area (Å²) in [5.41, 5.74) is 5.14. The molecule has 3 aromatic heterocycles. The summed E-state index contributed by atoms with van der Waals surface area (Å²) in [6, 6.07) is 6.15. The average Bonchev–Trinajstić information content (AvgIpc) is 3.38. The van der Waals surface area contributed by atoms with Gasteiger partial charge in [-0.05, 0) is 38.1 Å². The molecule has 0 bridgehead atoms. The molecule has 3 N–H and O–H groups in total. The Morgan fingerprint density at radius 1 is 1.16 bits per heavy atom. The molecule has 158 valence electrons. The number of anilines is 1. The van der Waals surface area contributed by atoms with E-state index in [1.807, 2.05) is 13.8 Å². The average molecular weight is 425 g/mol. The van der Waals surface area contributed by atoms with Gasteiger partial charge < -0.3 is 15.5 Å². The molecule has 0 aliphatic heterocycles. The summed E-state index contributed by atoms with van der Waals surface area (Å²) in [5, 5.41) is 7.09. The molecule has 0 atom stereocenters. The van der Waals surface area contributed by atoms with E-state index >= 15 is 0 Å². The van der Waals surface area contributed by atoms with Crippen LogP contribution in [0.1, 0.15) is 40.6 Å². The number of halogens is 2. The van der Waals surface area contributed by atoms with Crippen molar-refractivity contribution in [1.29, 1.82) is 0 Å². The summed E-state index contributed by atoms with van der Waals surface area (Å²) < 4.78 is 35.0. The van der Waals surface area contributed by atoms with Crippen LogP contribution in [0.5, 0.6) is 0 Å². The van der Waals surface area contributed by atoms with Crippen LogP contribution in [0.15, 0.2) is 47.2 Å². The minimum absolute atomic E-state index is 0.0413. The van der Waals surface area contributed by atoms with Gasteiger partial charge in [-0.15, -0.1) is 0 Å². The van der Waals surface area contributed by atoms with Gasteiger partial charge in [-0.3, -0.25) is 9.59 Å². The first kappa shape index (κ1) is 20.2. The Hall–Kier alpha value is -4.08. The molecule has 8 nitrogen and oxygen atoms in total. The van der Waals surface area contributed by atoms with Gasteiger partial charge in [-0.1, -0.05) is 0 Å². The van der Waals surface area contributed by atoms with Gasteiger partial charge in [0.15, 0.2) is 11.4 Å². The molecule has 0 spiro atoms. The van der Waals surface area contributed by atoms with Crippen molar-refractivity contribution >= 4 is 28.5 Å². The molecule has 0 saturated carbocycles. The number of nitrogens with one attached hydrogen (secondary N) is 1. The van der Waals surface area contributed by atoms with Crippen LogP contribution in [-0.2, 0) is 0 Å². The second-order valence-electron chi connectivity index (χ2n) is 7.08. The van der Waals surface area contributed by atoms with E-state index in [0.29, 0.717) is 28.6 Å². The summed E-state index contributed by atoms with van der Waals surface area (Å²) in [4.78, 5) is 29.0. The first-order valence-corrected chi connectivity index (χ1v) is 9.28. The number of benzene rings is 1. The van der Waals surface area contributed by atoms with Gasteiger partial charge in [-0.2, -0.15) is 5.10 Å². The number of aromatic nitrogens is 3. The number of carbonyl (C=O) groups is 2. The number of nitrogens with zero attached hydrogens (tertiary/aromatic N) is 3. The lowest BCUT2D eigenvalue weighted by Crippen LogP contribution is -2.17. The molecule has 31 heavy (non-hydrogen) atoms. The SMILES string of the molecule is CC(C)n1ncc2c(C(=O)Nc3cc(C(N)=O)c(F)cc3F)cc(-c3ccco3)nc21. The summed E-state index contributed by atoms with van der Waals surface area (Å²) in [6.07, 6.45) is 2.96. The van der Waals surface area contributed by atoms with E-state index in [4.69, 9.17) is 10.2 Å². The maximum absolute atomic E-state index is 14.2. The van der Waals surface area contributed by atoms with E-state index in [9.17, 15) is 18.4 Å². The molecule has 0 unspecified atom stereocenters. The van der Waals surface area contributed by atoms with Crippen LogP contribution in [0.3, 0.4) is 0 Å². The molecule has 10 heteroatoms. The fourth-order valence-electron chi connectivity index (χ4n) is 3.16. The Bertz CT molecular complexity index is 1310. The Morgan fingerprint density at radius 2 is 1.94 bits per heavy atom. The minimum atomic E-state index is -1.12. The third-order valence-electron chi connectivity index (χ3n) is 4.64. The molecule has 2 amide bonds. The van der Waals surface area contributed by atoms with Gasteiger partial charge in [0.05, 0.1) is 34.7 Å². The number of hydrogen-bond donors (Lipinski definition) is 2. The van der Waals surface area contributed by atoms with Crippen molar-refractivity contribution in [2.24, 2.45) is 5.73 Å². The number of pyridine rings is 1. The zero-order chi connectivity index (χ0) is 22.3. The van der Waals surface area contributed by atoms with Crippen molar-refractivity contribution in [1.82, 2.24) is 14.8 Å². The maximum Gasteiger partial charge on any atom is 0.256 e. The van der Waals surface area contributed by atoms with Crippen LogP contribution in [-0.4, -0.2) is 26.6 Å². The lowest BCUT2D eigenvalue weighted by molar-refractivity contribution is 0.0992. The fourth-order valence-corrected chi connectivity index (χ4v) is 3.16. The highest BCUT2D eigenvalue weighted by Gasteiger charge is 2.21. The molecule has 0 fully saturated rings. The largest absolute Gasteiger partial charge is 0.463 e. The van der Waals surface area contributed by atoms with E-state index in [1.54, 1.807) is 16.8 Å². The predicted molar refractivity (Wildman–Crippen MR) is 108 cm³/mol. The van der Waals surface area contributed by atoms with E-state index in [0.717, 1.165) is 6.07 Å². The molecule has 0 saturated heterocycles. The highest BCUT2D eigenvalue weighted by atomic mass is 19.1. The smallest absolute Gasteiger partial charge is 0.256 e. The van der Waals surface area contributed by atoms with Gasteiger partial charge in [0.2, 0.25) is 0 Å². The van der Waals surface area contributed by atoms with Crippen LogP contribution in [0, 0.1) is 11.6 Å². The lowest BCUT2D eigenvalue weighted by atomic mass is 10.1. The van der Waals surface area contributed by atoms with Gasteiger partial charge in [0.1, 0.15) is 17.3 Å². The highest BCUT2D eigenvalue weighted by Crippen LogP contribution is 2.28. The first-order chi connectivity index (χ1) is 14.8. The molecule has 0 aliphatic carbocycles. The minimum Gasteiger partial charge on any atom is -0.463 e. The lowest BCUT2D eigenvalue weighted by Gasteiger charge is -2.11. The molecule has 0 aliphatic rings. The predicted octanol–water partition coefficient (Wildman–Crippen LogP) is 3.90. The van der Waals surface area contributed by atoms with Crippen LogP contribution < -0.4 is 11.1 Å². The van der Waals surface area contributed by atoms with Gasteiger partial charge in [-0.25, -0.2) is 18.4 Å². The highest BCUT2D eigenvalue weighted by molar-refractivity contribution is 6.13. The Labute approximate surface area is 174 Å². The number of primary amides is 1. The number of carbonyl (C=O) groups excluding carboxylic acids is 2. The normalized spacial score (nSPS) is 11.3. The zero-order valence-electron chi connectivity index (χ0n) is 16.5. The third-order valence-corrected chi connectivity index (χ3v) is 4.64. The molecule has 0 radical (unpaired) electrons. The zero-order valence-corrected chi connectivity index (χ0v) is 16.5. The van der Waals surface area contributed by atoms with Crippen molar-refractivity contribution in [2.45, 2.75) is 19.9 Å². The molecule has 4 rings (SSSR count). The van der Waals surface area contributed by atoms with Crippen molar-refractivity contribution in [3.05, 3.63) is 65.6 Å². The Kier molecular flexibility index (Phi) is 4.97. The van der Waals surface area contributed by atoms with E-state index in [-0.39, 0.29) is 17.3 Å². The van der Waals surface area contributed by atoms with E-state index in [2.05, 4.69) is 15.4 Å². The quantitative estimate of drug-likeness (QED) is 0.503. The molecule has 4 aromatic rings. The summed E-state index contributed by atoms with van der Waals surface area (Å²) in [7, 11) is 0. The van der Waals surface area contributed by atoms with Crippen molar-refractivity contribution in [3.63, 3.8) is 0 Å². The molecule has 1 aromatic carbocycles. The second-order valence-corrected chi connectivity index (χ2v) is 7.08. The monoisotopic (exact) mass is 425 g/mol. The van der Waals surface area contributed by atoms with Gasteiger partial charge >= 0.3 is 0 Å². The molecule has 3 heterocycles. The fraction of sp³-hybridized carbons (Fsp3) is 0.143. The molecular formula is C21H17F2N5O3. The van der Waals surface area contributed by atoms with Crippen LogP contribution in [0.2, 0.25) is 0 Å². The number of rotatable bonds is 5. The van der Waals surface area contributed by atoms with Gasteiger partial charge in [0.25, 0.3) is 11.8 Å². The number of fused-ring (bicyclic) bond motifs is 1. The van der Waals surface area contributed by atoms with Crippen LogP contribution in [0.25, 0.3) is 22.5 Å². The first-order valence-electron chi connectivity index (χ1n) is 9.28. The molecular weight excluding hydrogens is 408 g/mol. The number of nitrogens with two attached hydrogens (primary N) is 1. The third kappa shape index (κ3) is 3.63. The number of hydrogen-bond acceptors (Lipinski definition) is 5. The number of furan rings is 1. The topological polar surface area (TPSA) is 116 Å². The standard InChI is InChI=1S/C21H17F2N5O3/c1-10(2)28-20-13(9-25-28)11(6-17(26-20)18-4-3-5-31-18)21(30)27-16-7-12(19(24)29)14(22)8-15(16)23/h3-10H,1-2H3,(H2,24,29)(H,27,30). The van der Waals surface area contributed by atoms with E-state index in [1.165, 1.54) is 18.5 Å². The van der Waals surface area contributed by atoms with Crippen molar-refractivity contribution in [2.75, 3.05) is 5.32 Å². The maximum atomic E-state index is 14.2. The Balaban J connectivity index is 1.83. The van der Waals surface area contributed by atoms with Crippen molar-refractivity contribution < 1.29 is 22.8 Å². The summed E-state index contributed by atoms with van der Waals surface area (Å²) in [5.74, 6) is -3.53. The summed E-state index contributed by atoms with van der Waals surface area (Å²) >= 11 is 0.